The number of rotatable bonds is 3. The van der Waals surface area contributed by atoms with Crippen molar-refractivity contribution in [1.29, 1.82) is 0 Å². The molecule has 2 aromatic rings. The van der Waals surface area contributed by atoms with Crippen LogP contribution < -0.4 is 0 Å². The second kappa shape index (κ2) is 4.88. The summed E-state index contributed by atoms with van der Waals surface area (Å²) in [7, 11) is 0. The van der Waals surface area contributed by atoms with Crippen LogP contribution in [-0.4, -0.2) is 10.1 Å². The molecule has 0 spiro atoms. The van der Waals surface area contributed by atoms with Gasteiger partial charge in [-0.1, -0.05) is 16.8 Å². The van der Waals surface area contributed by atoms with Gasteiger partial charge in [-0.2, -0.15) is 4.98 Å². The first-order valence-corrected chi connectivity index (χ1v) is 5.84. The second-order valence-electron chi connectivity index (χ2n) is 2.71. The quantitative estimate of drug-likeness (QED) is 0.790. The van der Waals surface area contributed by atoms with E-state index in [9.17, 15) is 0 Å². The normalized spacial score (nSPS) is 10.5. The minimum absolute atomic E-state index is 0.0710. The molecule has 0 fully saturated rings. The van der Waals surface area contributed by atoms with Gasteiger partial charge in [0.2, 0.25) is 0 Å². The molecule has 0 aliphatic heterocycles. The lowest BCUT2D eigenvalue weighted by Crippen LogP contribution is -1.82. The Morgan fingerprint density at radius 3 is 2.53 bits per heavy atom. The number of hydrogen-bond acceptors (Lipinski definition) is 4. The van der Waals surface area contributed by atoms with Crippen LogP contribution in [0, 0.1) is 0 Å². The van der Waals surface area contributed by atoms with Gasteiger partial charge in [-0.15, -0.1) is 11.8 Å². The number of thioether (sulfide) groups is 1. The Balaban J connectivity index is 1.96. The van der Waals surface area contributed by atoms with E-state index in [4.69, 9.17) is 23.2 Å². The highest BCUT2D eigenvalue weighted by atomic mass is 35.5. The summed E-state index contributed by atoms with van der Waals surface area (Å²) in [6.07, 6.45) is 0. The van der Waals surface area contributed by atoms with Gasteiger partial charge in [-0.3, -0.25) is 0 Å². The molecule has 0 bridgehead atoms. The van der Waals surface area contributed by atoms with Crippen LogP contribution in [0.4, 0.5) is 0 Å². The molecule has 3 nitrogen and oxygen atoms in total. The van der Waals surface area contributed by atoms with Crippen molar-refractivity contribution in [3.63, 3.8) is 0 Å². The molecule has 0 unspecified atom stereocenters. The van der Waals surface area contributed by atoms with Gasteiger partial charge >= 0.3 is 5.35 Å². The van der Waals surface area contributed by atoms with E-state index >= 15 is 0 Å². The maximum atomic E-state index is 5.77. The lowest BCUT2D eigenvalue weighted by molar-refractivity contribution is 0.414. The van der Waals surface area contributed by atoms with Crippen LogP contribution in [-0.2, 0) is 5.75 Å². The van der Waals surface area contributed by atoms with Gasteiger partial charge in [0, 0.05) is 9.92 Å². The average molecular weight is 261 g/mol. The van der Waals surface area contributed by atoms with Gasteiger partial charge in [-0.25, -0.2) is 0 Å². The van der Waals surface area contributed by atoms with E-state index in [0.29, 0.717) is 11.6 Å². The van der Waals surface area contributed by atoms with Crippen LogP contribution in [0.5, 0.6) is 0 Å². The fraction of sp³-hybridized carbons (Fsp3) is 0.111. The van der Waals surface area contributed by atoms with E-state index in [-0.39, 0.29) is 5.35 Å². The average Bonchev–Trinajstić information content (AvgIpc) is 2.64. The number of benzene rings is 1. The van der Waals surface area contributed by atoms with Crippen molar-refractivity contribution in [2.45, 2.75) is 10.6 Å². The van der Waals surface area contributed by atoms with Crippen molar-refractivity contribution in [2.75, 3.05) is 0 Å². The zero-order valence-corrected chi connectivity index (χ0v) is 9.81. The summed E-state index contributed by atoms with van der Waals surface area (Å²) in [6, 6.07) is 7.56. The minimum Gasteiger partial charge on any atom is -0.321 e. The maximum absolute atomic E-state index is 5.77. The maximum Gasteiger partial charge on any atom is 0.320 e. The van der Waals surface area contributed by atoms with Crippen LogP contribution in [0.15, 0.2) is 33.7 Å². The topological polar surface area (TPSA) is 38.9 Å². The first-order chi connectivity index (χ1) is 7.24. The van der Waals surface area contributed by atoms with Gasteiger partial charge in [0.25, 0.3) is 0 Å². The Labute approximate surface area is 101 Å². The summed E-state index contributed by atoms with van der Waals surface area (Å²) >= 11 is 12.9. The van der Waals surface area contributed by atoms with Crippen LogP contribution >= 0.6 is 35.0 Å². The van der Waals surface area contributed by atoms with Crippen LogP contribution in [0.2, 0.25) is 10.4 Å². The molecule has 0 atom stereocenters. The Kier molecular flexibility index (Phi) is 3.51. The molecule has 15 heavy (non-hydrogen) atoms. The number of nitrogens with zero attached hydrogens (tertiary/aromatic N) is 2. The van der Waals surface area contributed by atoms with Crippen molar-refractivity contribution in [2.24, 2.45) is 0 Å². The molecule has 6 heteroatoms. The van der Waals surface area contributed by atoms with Crippen LogP contribution in [0.1, 0.15) is 5.82 Å². The summed E-state index contributed by atoms with van der Waals surface area (Å²) < 4.78 is 4.64. The van der Waals surface area contributed by atoms with Crippen molar-refractivity contribution in [3.05, 3.63) is 40.5 Å². The van der Waals surface area contributed by atoms with Gasteiger partial charge in [0.05, 0.1) is 5.75 Å². The van der Waals surface area contributed by atoms with Crippen LogP contribution in [0.25, 0.3) is 0 Å². The summed E-state index contributed by atoms with van der Waals surface area (Å²) in [5.41, 5.74) is 0. The smallest absolute Gasteiger partial charge is 0.320 e. The zero-order valence-electron chi connectivity index (χ0n) is 7.48. The highest BCUT2D eigenvalue weighted by molar-refractivity contribution is 7.98. The Morgan fingerprint density at radius 1 is 1.20 bits per heavy atom. The Bertz CT molecular complexity index is 444. The fourth-order valence-electron chi connectivity index (χ4n) is 0.970. The van der Waals surface area contributed by atoms with E-state index in [1.54, 1.807) is 11.8 Å². The SMILES string of the molecule is Clc1ccc(SCc2noc(Cl)n2)cc1. The van der Waals surface area contributed by atoms with E-state index in [1.807, 2.05) is 24.3 Å². The molecule has 1 aromatic carbocycles. The standard InChI is InChI=1S/C9H6Cl2N2OS/c10-6-1-3-7(4-2-6)15-5-8-12-9(11)14-13-8/h1-4H,5H2. The first-order valence-electron chi connectivity index (χ1n) is 4.10. The molecule has 2 rings (SSSR count). The molecule has 1 heterocycles. The van der Waals surface area contributed by atoms with Crippen LogP contribution in [0.3, 0.4) is 0 Å². The Hall–Kier alpha value is -0.710. The molecule has 0 radical (unpaired) electrons. The van der Waals surface area contributed by atoms with Crippen molar-refractivity contribution >= 4 is 35.0 Å². The number of aromatic nitrogens is 2. The highest BCUT2D eigenvalue weighted by Gasteiger charge is 2.03. The van der Waals surface area contributed by atoms with Crippen molar-refractivity contribution in [3.8, 4) is 0 Å². The van der Waals surface area contributed by atoms with E-state index < -0.39 is 0 Å². The molecule has 1 aromatic heterocycles. The summed E-state index contributed by atoms with van der Waals surface area (Å²) in [5, 5.41) is 4.48. The van der Waals surface area contributed by atoms with Crippen molar-refractivity contribution in [1.82, 2.24) is 10.1 Å². The van der Waals surface area contributed by atoms with E-state index in [0.717, 1.165) is 9.92 Å². The molecule has 0 saturated carbocycles. The number of halogens is 2. The van der Waals surface area contributed by atoms with Gasteiger partial charge in [0.1, 0.15) is 0 Å². The molecule has 0 saturated heterocycles. The van der Waals surface area contributed by atoms with Gasteiger partial charge in [-0.05, 0) is 35.9 Å². The first kappa shape index (κ1) is 10.8. The van der Waals surface area contributed by atoms with Gasteiger partial charge in [0.15, 0.2) is 5.82 Å². The monoisotopic (exact) mass is 260 g/mol. The fourth-order valence-corrected chi connectivity index (χ4v) is 1.97. The largest absolute Gasteiger partial charge is 0.321 e. The van der Waals surface area contributed by atoms with Crippen molar-refractivity contribution < 1.29 is 4.52 Å². The summed E-state index contributed by atoms with van der Waals surface area (Å²) in [6.45, 7) is 0. The molecule has 78 valence electrons. The van der Waals surface area contributed by atoms with Gasteiger partial charge < -0.3 is 4.52 Å². The minimum atomic E-state index is 0.0710. The third-order valence-electron chi connectivity index (χ3n) is 1.62. The zero-order chi connectivity index (χ0) is 10.7. The highest BCUT2D eigenvalue weighted by Crippen LogP contribution is 2.23. The molecular formula is C9H6Cl2N2OS. The van der Waals surface area contributed by atoms with E-state index in [2.05, 4.69) is 14.7 Å². The lowest BCUT2D eigenvalue weighted by Gasteiger charge is -1.97. The lowest BCUT2D eigenvalue weighted by atomic mass is 10.4. The summed E-state index contributed by atoms with van der Waals surface area (Å²) in [4.78, 5) is 4.98. The molecule has 0 aliphatic rings. The number of hydrogen-bond donors (Lipinski definition) is 0. The summed E-state index contributed by atoms with van der Waals surface area (Å²) in [5.74, 6) is 1.21. The molecule has 0 aliphatic carbocycles. The predicted molar refractivity (Wildman–Crippen MR) is 60.3 cm³/mol. The molecular weight excluding hydrogens is 255 g/mol. The molecule has 0 amide bonds. The molecule has 0 N–H and O–H groups in total. The van der Waals surface area contributed by atoms with E-state index in [1.165, 1.54) is 0 Å². The third-order valence-corrected chi connectivity index (χ3v) is 3.04. The third kappa shape index (κ3) is 3.12. The predicted octanol–water partition coefficient (Wildman–Crippen LogP) is 3.67. The second-order valence-corrected chi connectivity index (χ2v) is 4.51. The Morgan fingerprint density at radius 2 is 1.93 bits per heavy atom.